The van der Waals surface area contributed by atoms with Gasteiger partial charge in [0.2, 0.25) is 11.8 Å². The van der Waals surface area contributed by atoms with E-state index in [9.17, 15) is 19.2 Å². The lowest BCUT2D eigenvalue weighted by Crippen LogP contribution is -2.32. The van der Waals surface area contributed by atoms with E-state index in [1.54, 1.807) is 73.8 Å². The van der Waals surface area contributed by atoms with Crippen molar-refractivity contribution in [3.05, 3.63) is 96.9 Å². The Morgan fingerprint density at radius 1 is 0.976 bits per heavy atom. The molecule has 13 heteroatoms. The maximum absolute atomic E-state index is 14.0. The van der Waals surface area contributed by atoms with Gasteiger partial charge in [0.25, 0.3) is 5.91 Å². The number of thioether (sulfide) groups is 1. The molecule has 1 saturated heterocycles. The molecule has 0 spiro atoms. The third-order valence-corrected chi connectivity index (χ3v) is 9.84. The number of anilines is 2. The minimum Gasteiger partial charge on any atom is -0.497 e. The second-order valence-electron chi connectivity index (χ2n) is 9.49. The molecule has 2 aliphatic rings. The maximum Gasteiger partial charge on any atom is 0.305 e. The minimum atomic E-state index is -0.855. The molecule has 2 N–H and O–H groups in total. The van der Waals surface area contributed by atoms with Crippen LogP contribution in [0, 0.1) is 5.92 Å². The SMILES string of the molecule is COc1ccc(NC(=O)COc2ccc(Cl)cc2[C@@H]2c3sc(=O)[nH]c3S[C@H]3C(=O)N(c4ccc(Cl)cc4)C(=O)[C@@H]23)cc1. The van der Waals surface area contributed by atoms with Crippen LogP contribution < -0.4 is 24.6 Å². The van der Waals surface area contributed by atoms with Crippen molar-refractivity contribution in [2.75, 3.05) is 23.9 Å². The Morgan fingerprint density at radius 2 is 1.69 bits per heavy atom. The zero-order valence-electron chi connectivity index (χ0n) is 21.8. The quantitative estimate of drug-likeness (QED) is 0.254. The highest BCUT2D eigenvalue weighted by molar-refractivity contribution is 8.00. The van der Waals surface area contributed by atoms with Crippen molar-refractivity contribution in [1.29, 1.82) is 0 Å². The predicted molar refractivity (Wildman–Crippen MR) is 162 cm³/mol. The van der Waals surface area contributed by atoms with Gasteiger partial charge in [0, 0.05) is 32.1 Å². The normalized spacial score (nSPS) is 19.3. The fourth-order valence-corrected chi connectivity index (χ4v) is 7.92. The highest BCUT2D eigenvalue weighted by Crippen LogP contribution is 2.54. The van der Waals surface area contributed by atoms with Crippen LogP contribution in [0.5, 0.6) is 11.5 Å². The van der Waals surface area contributed by atoms with E-state index in [1.165, 1.54) is 0 Å². The number of halogens is 2. The Hall–Kier alpha value is -3.77. The van der Waals surface area contributed by atoms with E-state index in [1.807, 2.05) is 0 Å². The standard InChI is InChI=1S/C29H21Cl2N3O6S2/c1-39-18-9-5-16(6-10-18)32-21(35)13-40-20-11-4-15(31)12-19(20)22-23-25(41-26-24(22)42-29(38)33-26)28(37)34(27(23)36)17-7-2-14(30)3-8-17/h2-12,22-23,25H,13H2,1H3,(H,32,35)(H,33,38)/t22-,23-,25+/m0/s1. The Bertz CT molecular complexity index is 1760. The largest absolute Gasteiger partial charge is 0.497 e. The van der Waals surface area contributed by atoms with Gasteiger partial charge in [-0.2, -0.15) is 0 Å². The number of nitrogens with one attached hydrogen (secondary N) is 2. The van der Waals surface area contributed by atoms with Crippen LogP contribution in [0.1, 0.15) is 16.4 Å². The van der Waals surface area contributed by atoms with E-state index in [4.69, 9.17) is 32.7 Å². The van der Waals surface area contributed by atoms with Crippen LogP contribution in [0.2, 0.25) is 10.0 Å². The highest BCUT2D eigenvalue weighted by atomic mass is 35.5. The molecule has 3 amide bonds. The van der Waals surface area contributed by atoms with Gasteiger partial charge in [-0.3, -0.25) is 19.2 Å². The molecule has 0 radical (unpaired) electrons. The summed E-state index contributed by atoms with van der Waals surface area (Å²) in [5.74, 6) is -1.86. The van der Waals surface area contributed by atoms with Crippen LogP contribution in [0.15, 0.2) is 76.6 Å². The maximum atomic E-state index is 14.0. The summed E-state index contributed by atoms with van der Waals surface area (Å²) in [6, 6.07) is 18.2. The molecule has 0 unspecified atom stereocenters. The van der Waals surface area contributed by atoms with E-state index < -0.39 is 34.8 Å². The van der Waals surface area contributed by atoms with Crippen molar-refractivity contribution in [3.63, 3.8) is 0 Å². The number of carbonyl (C=O) groups excluding carboxylic acids is 3. The number of benzene rings is 3. The Labute approximate surface area is 257 Å². The number of hydrogen-bond donors (Lipinski definition) is 2. The van der Waals surface area contributed by atoms with Gasteiger partial charge < -0.3 is 19.8 Å². The van der Waals surface area contributed by atoms with Crippen molar-refractivity contribution in [3.8, 4) is 11.5 Å². The molecule has 3 heterocycles. The molecule has 9 nitrogen and oxygen atoms in total. The lowest BCUT2D eigenvalue weighted by atomic mass is 9.82. The van der Waals surface area contributed by atoms with Gasteiger partial charge in [0.1, 0.15) is 16.7 Å². The molecule has 0 aliphatic carbocycles. The molecule has 214 valence electrons. The number of thiazole rings is 1. The summed E-state index contributed by atoms with van der Waals surface area (Å²) in [7, 11) is 1.55. The van der Waals surface area contributed by atoms with Crippen molar-refractivity contribution in [2.24, 2.45) is 5.92 Å². The Balaban J connectivity index is 1.34. The van der Waals surface area contributed by atoms with E-state index in [0.717, 1.165) is 28.0 Å². The highest BCUT2D eigenvalue weighted by Gasteiger charge is 2.56. The second-order valence-corrected chi connectivity index (χ2v) is 12.5. The number of methoxy groups -OCH3 is 1. The van der Waals surface area contributed by atoms with Gasteiger partial charge in [-0.1, -0.05) is 46.3 Å². The lowest BCUT2D eigenvalue weighted by molar-refractivity contribution is -0.122. The topological polar surface area (TPSA) is 118 Å². The molecular weight excluding hydrogens is 621 g/mol. The molecule has 42 heavy (non-hydrogen) atoms. The Kier molecular flexibility index (Phi) is 7.75. The van der Waals surface area contributed by atoms with Crippen LogP contribution in [0.25, 0.3) is 0 Å². The number of aromatic nitrogens is 1. The number of hydrogen-bond acceptors (Lipinski definition) is 8. The summed E-state index contributed by atoms with van der Waals surface area (Å²) < 4.78 is 11.1. The van der Waals surface area contributed by atoms with Crippen molar-refractivity contribution < 1.29 is 23.9 Å². The molecule has 4 aromatic rings. The van der Waals surface area contributed by atoms with Gasteiger partial charge in [-0.05, 0) is 66.7 Å². The number of carbonyl (C=O) groups is 3. The van der Waals surface area contributed by atoms with Crippen LogP contribution in [0.3, 0.4) is 0 Å². The van der Waals surface area contributed by atoms with Gasteiger partial charge in [-0.25, -0.2) is 4.90 Å². The average molecular weight is 643 g/mol. The molecule has 3 aromatic carbocycles. The first-order valence-electron chi connectivity index (χ1n) is 12.6. The predicted octanol–water partition coefficient (Wildman–Crippen LogP) is 5.57. The van der Waals surface area contributed by atoms with E-state index in [2.05, 4.69) is 10.3 Å². The van der Waals surface area contributed by atoms with Gasteiger partial charge in [0.05, 0.1) is 23.7 Å². The van der Waals surface area contributed by atoms with Crippen molar-refractivity contribution in [2.45, 2.75) is 16.2 Å². The van der Waals surface area contributed by atoms with E-state index in [-0.39, 0.29) is 11.5 Å². The first-order valence-corrected chi connectivity index (χ1v) is 15.1. The number of amides is 3. The third kappa shape index (κ3) is 5.29. The van der Waals surface area contributed by atoms with Gasteiger partial charge in [0.15, 0.2) is 6.61 Å². The summed E-state index contributed by atoms with van der Waals surface area (Å²) in [5.41, 5.74) is 1.45. The molecule has 2 aliphatic heterocycles. The fraction of sp³-hybridized carbons (Fsp3) is 0.172. The van der Waals surface area contributed by atoms with Crippen molar-refractivity contribution in [1.82, 2.24) is 4.98 Å². The molecule has 0 saturated carbocycles. The van der Waals surface area contributed by atoms with E-state index >= 15 is 0 Å². The molecule has 3 atom stereocenters. The molecule has 6 rings (SSSR count). The number of imide groups is 1. The summed E-state index contributed by atoms with van der Waals surface area (Å²) >= 11 is 14.6. The van der Waals surface area contributed by atoms with Crippen LogP contribution >= 0.6 is 46.3 Å². The second kappa shape index (κ2) is 11.5. The number of ether oxygens (including phenoxy) is 2. The number of aromatic amines is 1. The van der Waals surface area contributed by atoms with Crippen LogP contribution in [-0.4, -0.2) is 41.7 Å². The third-order valence-electron chi connectivity index (χ3n) is 6.95. The first kappa shape index (κ1) is 28.4. The minimum absolute atomic E-state index is 0.303. The van der Waals surface area contributed by atoms with Crippen LogP contribution in [0.4, 0.5) is 11.4 Å². The monoisotopic (exact) mass is 641 g/mol. The lowest BCUT2D eigenvalue weighted by Gasteiger charge is -2.31. The number of fused-ring (bicyclic) bond motifs is 2. The summed E-state index contributed by atoms with van der Waals surface area (Å²) in [6.45, 7) is -0.337. The fourth-order valence-electron chi connectivity index (χ4n) is 5.11. The number of nitrogens with zero attached hydrogens (tertiary/aromatic N) is 1. The number of H-pyrrole nitrogens is 1. The average Bonchev–Trinajstić information content (AvgIpc) is 3.47. The zero-order chi connectivity index (χ0) is 29.5. The van der Waals surface area contributed by atoms with E-state index in [0.29, 0.717) is 48.4 Å². The van der Waals surface area contributed by atoms with Crippen LogP contribution in [-0.2, 0) is 14.4 Å². The first-order chi connectivity index (χ1) is 20.2. The van der Waals surface area contributed by atoms with Gasteiger partial charge >= 0.3 is 4.87 Å². The summed E-state index contributed by atoms with van der Waals surface area (Å²) in [6.07, 6.45) is 0. The Morgan fingerprint density at radius 3 is 2.40 bits per heavy atom. The molecular formula is C29H21Cl2N3O6S2. The molecule has 1 aromatic heterocycles. The summed E-state index contributed by atoms with van der Waals surface area (Å²) in [4.78, 5) is 57.1. The zero-order valence-corrected chi connectivity index (χ0v) is 24.9. The smallest absolute Gasteiger partial charge is 0.305 e. The summed E-state index contributed by atoms with van der Waals surface area (Å²) in [5, 5.41) is 3.31. The number of rotatable bonds is 7. The van der Waals surface area contributed by atoms with Crippen molar-refractivity contribution >= 4 is 75.4 Å². The molecule has 1 fully saturated rings. The molecule has 0 bridgehead atoms. The van der Waals surface area contributed by atoms with Gasteiger partial charge in [-0.15, -0.1) is 0 Å².